The quantitative estimate of drug-likeness (QED) is 0.0783. The van der Waals surface area contributed by atoms with Crippen LogP contribution in [0.2, 0.25) is 0 Å². The Hall–Kier alpha value is -3.99. The molecule has 17 nitrogen and oxygen atoms in total. The van der Waals surface area contributed by atoms with Gasteiger partial charge in [0.2, 0.25) is 0 Å². The fraction of sp³-hybridized carbons (Fsp3) is 0.562. The number of hydrogen-bond donors (Lipinski definition) is 8. The molecule has 0 heterocycles. The maximum absolute atomic E-state index is 10.6. The van der Waals surface area contributed by atoms with Crippen molar-refractivity contribution >= 4 is 41.8 Å². The number of nitrogens with zero attached hydrogens (tertiary/aromatic N) is 3. The zero-order chi connectivity index (χ0) is 26.1. The first kappa shape index (κ1) is 31.2. The lowest BCUT2D eigenvalue weighted by Crippen LogP contribution is -2.43. The second-order valence-corrected chi connectivity index (χ2v) is 6.34. The van der Waals surface area contributed by atoms with Crippen molar-refractivity contribution in [3.63, 3.8) is 0 Å². The Balaban J connectivity index is 0. The molecule has 0 saturated carbocycles. The van der Waals surface area contributed by atoms with Crippen molar-refractivity contribution in [1.82, 2.24) is 9.80 Å². The number of hydrogen-bond acceptors (Lipinski definition) is 9. The number of aliphatic imine (C=N–C) groups is 1. The average Bonchev–Trinajstić information content (AvgIpc) is 2.61. The minimum Gasteiger partial charge on any atom is -0.481 e. The summed E-state index contributed by atoms with van der Waals surface area (Å²) in [6.07, 6.45) is -0.406. The van der Waals surface area contributed by atoms with E-state index in [9.17, 15) is 28.8 Å². The van der Waals surface area contributed by atoms with Crippen LogP contribution in [0.5, 0.6) is 0 Å². The van der Waals surface area contributed by atoms with Crippen molar-refractivity contribution in [3.8, 4) is 0 Å². The van der Waals surface area contributed by atoms with Crippen LogP contribution >= 0.6 is 0 Å². The zero-order valence-corrected chi connectivity index (χ0v) is 17.4. The number of aliphatic carboxylic acids is 6. The monoisotopic (exact) mass is 481 g/mol. The Kier molecular flexibility index (Phi) is 15.8. The van der Waals surface area contributed by atoms with Crippen molar-refractivity contribution in [1.29, 1.82) is 0 Å². The molecule has 188 valence electrons. The van der Waals surface area contributed by atoms with Crippen molar-refractivity contribution < 1.29 is 59.4 Å². The SMILES string of the molecule is NC(N)=NC(CCC(=O)O)C(=O)O.O=C(O)CN(CCN(CC(=O)O)CC(=O)O)CC(=O)O. The molecule has 0 radical (unpaired) electrons. The number of rotatable bonds is 16. The lowest BCUT2D eigenvalue weighted by molar-refractivity contribution is -0.145. The standard InChI is InChI=1S/C10H16N2O8.C6H11N3O4/c13-7(14)3-11(4-8(15)16)1-2-12(5-9(17)18)6-10(19)20;7-6(8)9-3(5(12)13)1-2-4(10)11/h1-6H2,(H,13,14)(H,15,16)(H,17,18)(H,19,20);3H,1-2H2,(H,10,11)(H,12,13)(H4,7,8,9). The zero-order valence-electron chi connectivity index (χ0n) is 17.4. The van der Waals surface area contributed by atoms with Gasteiger partial charge >= 0.3 is 35.8 Å². The molecule has 0 aliphatic heterocycles. The summed E-state index contributed by atoms with van der Waals surface area (Å²) < 4.78 is 0. The molecule has 0 fully saturated rings. The summed E-state index contributed by atoms with van der Waals surface area (Å²) in [4.78, 5) is 68.3. The van der Waals surface area contributed by atoms with E-state index in [4.69, 9.17) is 42.1 Å². The van der Waals surface area contributed by atoms with Crippen molar-refractivity contribution in [2.75, 3.05) is 39.3 Å². The highest BCUT2D eigenvalue weighted by molar-refractivity contribution is 5.82. The lowest BCUT2D eigenvalue weighted by atomic mass is 10.2. The molecular formula is C16H27N5O12. The van der Waals surface area contributed by atoms with Gasteiger partial charge in [0.1, 0.15) is 0 Å². The van der Waals surface area contributed by atoms with E-state index in [0.29, 0.717) is 0 Å². The molecule has 0 aromatic heterocycles. The third-order valence-corrected chi connectivity index (χ3v) is 3.39. The van der Waals surface area contributed by atoms with E-state index >= 15 is 0 Å². The van der Waals surface area contributed by atoms with Crippen molar-refractivity contribution in [3.05, 3.63) is 0 Å². The average molecular weight is 481 g/mol. The first-order valence-electron chi connectivity index (χ1n) is 8.99. The van der Waals surface area contributed by atoms with Crippen molar-refractivity contribution in [2.45, 2.75) is 18.9 Å². The van der Waals surface area contributed by atoms with Gasteiger partial charge in [0.05, 0.1) is 26.2 Å². The van der Waals surface area contributed by atoms with Crippen LogP contribution in [0.3, 0.4) is 0 Å². The van der Waals surface area contributed by atoms with E-state index in [1.165, 1.54) is 0 Å². The summed E-state index contributed by atoms with van der Waals surface area (Å²) >= 11 is 0. The van der Waals surface area contributed by atoms with E-state index < -0.39 is 68.0 Å². The summed E-state index contributed by atoms with van der Waals surface area (Å²) in [6, 6.07) is -1.18. The minimum atomic E-state index is -1.24. The summed E-state index contributed by atoms with van der Waals surface area (Å²) in [5.41, 5.74) is 9.91. The number of carboxylic acids is 6. The Morgan fingerprint density at radius 3 is 1.18 bits per heavy atom. The van der Waals surface area contributed by atoms with E-state index in [-0.39, 0.29) is 31.9 Å². The Morgan fingerprint density at radius 1 is 0.636 bits per heavy atom. The van der Waals surface area contributed by atoms with Gasteiger partial charge in [-0.1, -0.05) is 0 Å². The molecule has 0 aliphatic rings. The number of guanidine groups is 1. The lowest BCUT2D eigenvalue weighted by Gasteiger charge is -2.23. The van der Waals surface area contributed by atoms with Gasteiger partial charge in [-0.15, -0.1) is 0 Å². The van der Waals surface area contributed by atoms with Crippen LogP contribution in [0, 0.1) is 0 Å². The molecule has 1 atom stereocenters. The second kappa shape index (κ2) is 16.7. The van der Waals surface area contributed by atoms with Gasteiger partial charge in [-0.3, -0.25) is 33.8 Å². The van der Waals surface area contributed by atoms with Gasteiger partial charge in [0.25, 0.3) is 0 Å². The third-order valence-electron chi connectivity index (χ3n) is 3.39. The molecule has 10 N–H and O–H groups in total. The van der Waals surface area contributed by atoms with Gasteiger partial charge in [0, 0.05) is 19.5 Å². The van der Waals surface area contributed by atoms with Crippen LogP contribution in [0.25, 0.3) is 0 Å². The van der Waals surface area contributed by atoms with Crippen LogP contribution in [0.4, 0.5) is 0 Å². The van der Waals surface area contributed by atoms with Crippen molar-refractivity contribution in [2.24, 2.45) is 16.5 Å². The van der Waals surface area contributed by atoms with E-state index in [1.807, 2.05) is 0 Å². The Labute approximate surface area is 186 Å². The van der Waals surface area contributed by atoms with Gasteiger partial charge in [-0.25, -0.2) is 9.79 Å². The smallest absolute Gasteiger partial charge is 0.328 e. The van der Waals surface area contributed by atoms with Crippen LogP contribution in [-0.4, -0.2) is 128 Å². The molecule has 0 aliphatic carbocycles. The molecule has 0 rings (SSSR count). The number of nitrogens with two attached hydrogens (primary N) is 2. The van der Waals surface area contributed by atoms with Crippen LogP contribution in [0.15, 0.2) is 4.99 Å². The molecule has 33 heavy (non-hydrogen) atoms. The third kappa shape index (κ3) is 21.0. The number of carboxylic acid groups (broad SMARTS) is 6. The predicted octanol–water partition coefficient (Wildman–Crippen LogP) is -3.49. The summed E-state index contributed by atoms with van der Waals surface area (Å²) in [5.74, 6) is -7.60. The molecular weight excluding hydrogens is 454 g/mol. The molecule has 0 bridgehead atoms. The molecule has 0 aromatic carbocycles. The topological polar surface area (TPSA) is 295 Å². The summed E-state index contributed by atoms with van der Waals surface area (Å²) in [7, 11) is 0. The molecule has 0 amide bonds. The highest BCUT2D eigenvalue weighted by Crippen LogP contribution is 2.02. The highest BCUT2D eigenvalue weighted by Gasteiger charge is 2.18. The Bertz CT molecular complexity index is 669. The normalized spacial score (nSPS) is 11.1. The predicted molar refractivity (Wildman–Crippen MR) is 108 cm³/mol. The van der Waals surface area contributed by atoms with Gasteiger partial charge in [0.15, 0.2) is 12.0 Å². The van der Waals surface area contributed by atoms with Crippen LogP contribution in [0.1, 0.15) is 12.8 Å². The summed E-state index contributed by atoms with van der Waals surface area (Å²) in [6.45, 7) is -2.25. The maximum Gasteiger partial charge on any atom is 0.328 e. The maximum atomic E-state index is 10.6. The Morgan fingerprint density at radius 2 is 0.970 bits per heavy atom. The fourth-order valence-electron chi connectivity index (χ4n) is 2.16. The van der Waals surface area contributed by atoms with E-state index in [0.717, 1.165) is 9.80 Å². The first-order chi connectivity index (χ1) is 15.1. The fourth-order valence-corrected chi connectivity index (χ4v) is 2.16. The second-order valence-electron chi connectivity index (χ2n) is 6.34. The molecule has 1 unspecified atom stereocenters. The van der Waals surface area contributed by atoms with Gasteiger partial charge in [-0.05, 0) is 6.42 Å². The van der Waals surface area contributed by atoms with E-state index in [2.05, 4.69) is 4.99 Å². The molecule has 0 saturated heterocycles. The summed E-state index contributed by atoms with van der Waals surface area (Å²) in [5, 5.41) is 51.3. The largest absolute Gasteiger partial charge is 0.481 e. The van der Waals surface area contributed by atoms with E-state index in [1.54, 1.807) is 0 Å². The van der Waals surface area contributed by atoms with Crippen LogP contribution in [-0.2, 0) is 28.8 Å². The molecule has 0 spiro atoms. The molecule has 0 aromatic rings. The van der Waals surface area contributed by atoms with Gasteiger partial charge in [-0.2, -0.15) is 0 Å². The minimum absolute atomic E-state index is 0.0703. The number of carbonyl (C=O) groups is 6. The van der Waals surface area contributed by atoms with Crippen LogP contribution < -0.4 is 11.5 Å². The van der Waals surface area contributed by atoms with Gasteiger partial charge < -0.3 is 42.1 Å². The highest BCUT2D eigenvalue weighted by atomic mass is 16.4. The molecule has 17 heteroatoms. The first-order valence-corrected chi connectivity index (χ1v) is 8.99.